The molecule has 4 nitrogen and oxygen atoms in total. The molecule has 24 heavy (non-hydrogen) atoms. The lowest BCUT2D eigenvalue weighted by molar-refractivity contribution is -0.121. The molecule has 1 aromatic carbocycles. The maximum Gasteiger partial charge on any atom is 0.220 e. The number of hydrogen-bond acceptors (Lipinski definition) is 2. The molecule has 0 aliphatic rings. The first-order valence-electron chi connectivity index (χ1n) is 8.38. The van der Waals surface area contributed by atoms with Crippen molar-refractivity contribution >= 4 is 11.6 Å². The minimum Gasteiger partial charge on any atom is -0.356 e. The van der Waals surface area contributed by atoms with E-state index in [-0.39, 0.29) is 5.91 Å². The van der Waals surface area contributed by atoms with E-state index in [0.29, 0.717) is 13.0 Å². The van der Waals surface area contributed by atoms with Gasteiger partial charge in [-0.05, 0) is 38.0 Å². The van der Waals surface area contributed by atoms with Crippen molar-refractivity contribution in [2.24, 2.45) is 0 Å². The van der Waals surface area contributed by atoms with Crippen LogP contribution >= 0.6 is 0 Å². The van der Waals surface area contributed by atoms with E-state index >= 15 is 0 Å². The van der Waals surface area contributed by atoms with Gasteiger partial charge in [-0.2, -0.15) is 0 Å². The summed E-state index contributed by atoms with van der Waals surface area (Å²) in [6.45, 7) is 4.75. The molecule has 0 aliphatic carbocycles. The number of hydrogen-bond donors (Lipinski definition) is 1. The van der Waals surface area contributed by atoms with E-state index in [2.05, 4.69) is 58.9 Å². The second kappa shape index (κ2) is 7.30. The van der Waals surface area contributed by atoms with Crippen LogP contribution in [0.4, 0.5) is 0 Å². The molecular weight excluding hydrogens is 298 g/mol. The third-order valence-electron chi connectivity index (χ3n) is 4.21. The molecule has 2 heterocycles. The fourth-order valence-electron chi connectivity index (χ4n) is 2.75. The zero-order valence-electron chi connectivity index (χ0n) is 14.2. The van der Waals surface area contributed by atoms with Gasteiger partial charge < -0.3 is 9.72 Å². The first-order valence-corrected chi connectivity index (χ1v) is 8.38. The highest BCUT2D eigenvalue weighted by atomic mass is 16.1. The van der Waals surface area contributed by atoms with Crippen LogP contribution in [0.15, 0.2) is 48.7 Å². The number of aryl methyl sites for hydroxylation is 3. The van der Waals surface area contributed by atoms with Gasteiger partial charge in [-0.15, -0.1) is 0 Å². The topological polar surface area (TPSA) is 46.4 Å². The van der Waals surface area contributed by atoms with E-state index in [0.717, 1.165) is 29.9 Å². The van der Waals surface area contributed by atoms with Gasteiger partial charge in [0.2, 0.25) is 5.91 Å². The molecule has 0 radical (unpaired) electrons. The van der Waals surface area contributed by atoms with Gasteiger partial charge in [0.05, 0.1) is 5.69 Å². The van der Waals surface area contributed by atoms with Gasteiger partial charge in [0.15, 0.2) is 0 Å². The molecule has 1 amide bonds. The van der Waals surface area contributed by atoms with E-state index in [1.165, 1.54) is 11.1 Å². The van der Waals surface area contributed by atoms with Gasteiger partial charge in [-0.3, -0.25) is 4.79 Å². The summed E-state index contributed by atoms with van der Waals surface area (Å²) < 4.78 is 2.08. The SMILES string of the molecule is Cc1ccc(CCC(=O)NCCc2cn3c(C)cccc3n2)cc1. The lowest BCUT2D eigenvalue weighted by Crippen LogP contribution is -2.25. The highest BCUT2D eigenvalue weighted by Gasteiger charge is 2.05. The number of aromatic nitrogens is 2. The van der Waals surface area contributed by atoms with Gasteiger partial charge in [0.25, 0.3) is 0 Å². The number of pyridine rings is 1. The molecule has 0 saturated heterocycles. The van der Waals surface area contributed by atoms with Crippen LogP contribution in [0.2, 0.25) is 0 Å². The number of amides is 1. The predicted molar refractivity (Wildman–Crippen MR) is 96.1 cm³/mol. The average Bonchev–Trinajstić information content (AvgIpc) is 2.99. The Morgan fingerprint density at radius 1 is 1.08 bits per heavy atom. The zero-order valence-corrected chi connectivity index (χ0v) is 14.2. The van der Waals surface area contributed by atoms with E-state index in [1.807, 2.05) is 18.3 Å². The lowest BCUT2D eigenvalue weighted by atomic mass is 10.1. The predicted octanol–water partition coefficient (Wildman–Crippen LogP) is 3.24. The molecule has 4 heteroatoms. The molecule has 0 unspecified atom stereocenters. The Kier molecular flexibility index (Phi) is 4.94. The van der Waals surface area contributed by atoms with Crippen LogP contribution in [-0.2, 0) is 17.6 Å². The van der Waals surface area contributed by atoms with Crippen molar-refractivity contribution in [1.82, 2.24) is 14.7 Å². The Morgan fingerprint density at radius 2 is 1.88 bits per heavy atom. The second-order valence-corrected chi connectivity index (χ2v) is 6.21. The van der Waals surface area contributed by atoms with Crippen molar-refractivity contribution in [1.29, 1.82) is 0 Å². The Labute approximate surface area is 142 Å². The minimum absolute atomic E-state index is 0.0931. The summed E-state index contributed by atoms with van der Waals surface area (Å²) in [5.41, 5.74) is 5.56. The number of nitrogens with zero attached hydrogens (tertiary/aromatic N) is 2. The number of carbonyl (C=O) groups is 1. The van der Waals surface area contributed by atoms with Crippen molar-refractivity contribution < 1.29 is 4.79 Å². The summed E-state index contributed by atoms with van der Waals surface area (Å²) in [5.74, 6) is 0.0931. The number of carbonyl (C=O) groups excluding carboxylic acids is 1. The smallest absolute Gasteiger partial charge is 0.220 e. The zero-order chi connectivity index (χ0) is 16.9. The molecule has 0 fully saturated rings. The molecule has 0 spiro atoms. The molecule has 124 valence electrons. The third kappa shape index (κ3) is 4.02. The fourth-order valence-corrected chi connectivity index (χ4v) is 2.75. The third-order valence-corrected chi connectivity index (χ3v) is 4.21. The summed E-state index contributed by atoms with van der Waals surface area (Å²) in [5, 5.41) is 2.98. The van der Waals surface area contributed by atoms with Gasteiger partial charge >= 0.3 is 0 Å². The minimum atomic E-state index is 0.0931. The normalized spacial score (nSPS) is 10.9. The maximum atomic E-state index is 12.0. The fraction of sp³-hybridized carbons (Fsp3) is 0.300. The standard InChI is InChI=1S/C20H23N3O/c1-15-6-8-17(9-7-15)10-11-20(24)21-13-12-18-14-23-16(2)4-3-5-19(23)22-18/h3-9,14H,10-13H2,1-2H3,(H,21,24). The second-order valence-electron chi connectivity index (χ2n) is 6.21. The average molecular weight is 321 g/mol. The van der Waals surface area contributed by atoms with Gasteiger partial charge in [0, 0.05) is 31.3 Å². The van der Waals surface area contributed by atoms with Crippen LogP contribution in [0.1, 0.15) is 28.9 Å². The van der Waals surface area contributed by atoms with Crippen LogP contribution < -0.4 is 5.32 Å². The van der Waals surface area contributed by atoms with Gasteiger partial charge in [-0.1, -0.05) is 35.9 Å². The number of nitrogens with one attached hydrogen (secondary N) is 1. The first-order chi connectivity index (χ1) is 11.6. The van der Waals surface area contributed by atoms with Crippen molar-refractivity contribution in [2.75, 3.05) is 6.54 Å². The monoisotopic (exact) mass is 321 g/mol. The number of rotatable bonds is 6. The van der Waals surface area contributed by atoms with E-state index < -0.39 is 0 Å². The van der Waals surface area contributed by atoms with Crippen molar-refractivity contribution in [3.05, 3.63) is 71.2 Å². The van der Waals surface area contributed by atoms with Crippen LogP contribution in [0, 0.1) is 13.8 Å². The molecule has 2 aromatic heterocycles. The summed E-state index contributed by atoms with van der Waals surface area (Å²) in [7, 11) is 0. The Bertz CT molecular complexity index is 834. The Morgan fingerprint density at radius 3 is 2.62 bits per heavy atom. The molecule has 3 rings (SSSR count). The van der Waals surface area contributed by atoms with Gasteiger partial charge in [-0.25, -0.2) is 4.98 Å². The lowest BCUT2D eigenvalue weighted by Gasteiger charge is -2.04. The van der Waals surface area contributed by atoms with E-state index in [9.17, 15) is 4.79 Å². The van der Waals surface area contributed by atoms with Crippen LogP contribution in [0.25, 0.3) is 5.65 Å². The van der Waals surface area contributed by atoms with Crippen molar-refractivity contribution in [3.63, 3.8) is 0 Å². The summed E-state index contributed by atoms with van der Waals surface area (Å²) in [6, 6.07) is 14.4. The first kappa shape index (κ1) is 16.2. The quantitative estimate of drug-likeness (QED) is 0.757. The summed E-state index contributed by atoms with van der Waals surface area (Å²) in [4.78, 5) is 16.5. The van der Waals surface area contributed by atoms with Crippen molar-refractivity contribution in [2.45, 2.75) is 33.1 Å². The largest absolute Gasteiger partial charge is 0.356 e. The number of imidazole rings is 1. The van der Waals surface area contributed by atoms with Gasteiger partial charge in [0.1, 0.15) is 5.65 Å². The Hall–Kier alpha value is -2.62. The summed E-state index contributed by atoms with van der Waals surface area (Å²) in [6.07, 6.45) is 4.09. The molecule has 0 atom stereocenters. The molecule has 0 aliphatic heterocycles. The highest BCUT2D eigenvalue weighted by Crippen LogP contribution is 2.09. The van der Waals surface area contributed by atoms with E-state index in [1.54, 1.807) is 0 Å². The molecule has 0 saturated carbocycles. The summed E-state index contributed by atoms with van der Waals surface area (Å²) >= 11 is 0. The number of benzene rings is 1. The number of fused-ring (bicyclic) bond motifs is 1. The van der Waals surface area contributed by atoms with Crippen molar-refractivity contribution in [3.8, 4) is 0 Å². The maximum absolute atomic E-state index is 12.0. The van der Waals surface area contributed by atoms with Crippen LogP contribution in [-0.4, -0.2) is 21.8 Å². The van der Waals surface area contributed by atoms with Crippen LogP contribution in [0.3, 0.4) is 0 Å². The Balaban J connectivity index is 1.45. The molecule has 1 N–H and O–H groups in total. The molecule has 0 bridgehead atoms. The van der Waals surface area contributed by atoms with Crippen LogP contribution in [0.5, 0.6) is 0 Å². The highest BCUT2D eigenvalue weighted by molar-refractivity contribution is 5.76. The molecule has 3 aromatic rings. The van der Waals surface area contributed by atoms with E-state index in [4.69, 9.17) is 0 Å². The molecular formula is C20H23N3O.